The van der Waals surface area contributed by atoms with Crippen molar-refractivity contribution in [1.82, 2.24) is 5.32 Å². The molecule has 3 atom stereocenters. The highest BCUT2D eigenvalue weighted by atomic mass is 16.5. The lowest BCUT2D eigenvalue weighted by Crippen LogP contribution is -2.37. The van der Waals surface area contributed by atoms with E-state index in [1.54, 1.807) is 0 Å². The summed E-state index contributed by atoms with van der Waals surface area (Å²) in [5.41, 5.74) is 9.18. The summed E-state index contributed by atoms with van der Waals surface area (Å²) in [6.45, 7) is 6.65. The highest BCUT2D eigenvalue weighted by molar-refractivity contribution is 5.81. The Morgan fingerprint density at radius 1 is 1.40 bits per heavy atom. The smallest absolute Gasteiger partial charge is 0.249 e. The number of aryl methyl sites for hydroxylation is 2. The average molecular weight is 276 g/mol. The Labute approximate surface area is 120 Å². The normalized spacial score (nSPS) is 23.6. The zero-order chi connectivity index (χ0) is 14.7. The molecule has 1 heterocycles. The molecule has 1 aliphatic rings. The van der Waals surface area contributed by atoms with Crippen LogP contribution in [0.3, 0.4) is 0 Å². The van der Waals surface area contributed by atoms with E-state index in [9.17, 15) is 4.79 Å². The number of benzene rings is 1. The number of hydrogen-bond acceptors (Lipinski definition) is 3. The van der Waals surface area contributed by atoms with E-state index in [4.69, 9.17) is 10.5 Å². The maximum absolute atomic E-state index is 12.2. The van der Waals surface area contributed by atoms with Gasteiger partial charge in [0.25, 0.3) is 0 Å². The molecule has 4 heteroatoms. The first-order valence-electron chi connectivity index (χ1n) is 7.24. The van der Waals surface area contributed by atoms with Crippen molar-refractivity contribution in [3.05, 3.63) is 34.9 Å². The molecule has 0 bridgehead atoms. The molecule has 0 radical (unpaired) electrons. The number of rotatable bonds is 4. The Balaban J connectivity index is 1.95. The fourth-order valence-electron chi connectivity index (χ4n) is 2.50. The minimum atomic E-state index is -0.349. The van der Waals surface area contributed by atoms with Crippen LogP contribution >= 0.6 is 0 Å². The van der Waals surface area contributed by atoms with Gasteiger partial charge in [0, 0.05) is 6.54 Å². The summed E-state index contributed by atoms with van der Waals surface area (Å²) in [6.07, 6.45) is 1.31. The molecule has 1 unspecified atom stereocenters. The maximum atomic E-state index is 12.2. The van der Waals surface area contributed by atoms with Gasteiger partial charge in [0.2, 0.25) is 5.91 Å². The fraction of sp³-hybridized carbons (Fsp3) is 0.562. The van der Waals surface area contributed by atoms with Crippen LogP contribution in [0.1, 0.15) is 42.5 Å². The molecule has 3 N–H and O–H groups in total. The van der Waals surface area contributed by atoms with Gasteiger partial charge in [-0.2, -0.15) is 0 Å². The number of nitrogens with one attached hydrogen (secondary N) is 1. The summed E-state index contributed by atoms with van der Waals surface area (Å²) in [7, 11) is 0. The van der Waals surface area contributed by atoms with Gasteiger partial charge in [-0.05, 0) is 50.3 Å². The number of carbonyl (C=O) groups excluding carboxylic acids is 1. The van der Waals surface area contributed by atoms with Crippen molar-refractivity contribution >= 4 is 5.91 Å². The summed E-state index contributed by atoms with van der Waals surface area (Å²) in [5.74, 6) is -0.0355. The molecule has 1 saturated heterocycles. The molecule has 1 aromatic rings. The quantitative estimate of drug-likeness (QED) is 0.884. The van der Waals surface area contributed by atoms with Gasteiger partial charge in [0.05, 0.1) is 12.1 Å². The van der Waals surface area contributed by atoms with E-state index in [1.165, 1.54) is 11.1 Å². The summed E-state index contributed by atoms with van der Waals surface area (Å²) in [6, 6.07) is 6.26. The third-order valence-corrected chi connectivity index (χ3v) is 4.05. The van der Waals surface area contributed by atoms with E-state index in [-0.39, 0.29) is 24.2 Å². The molecule has 1 fully saturated rings. The van der Waals surface area contributed by atoms with Gasteiger partial charge >= 0.3 is 0 Å². The van der Waals surface area contributed by atoms with Gasteiger partial charge in [-0.1, -0.05) is 18.2 Å². The minimum Gasteiger partial charge on any atom is -0.364 e. The SMILES string of the molecule is Cc1ccc(C(C)NC(=O)[C@@H]2CC[C@H](CN)O2)cc1C. The molecule has 110 valence electrons. The molecule has 1 amide bonds. The number of amides is 1. The van der Waals surface area contributed by atoms with Crippen LogP contribution in [0.25, 0.3) is 0 Å². The maximum Gasteiger partial charge on any atom is 0.249 e. The van der Waals surface area contributed by atoms with Crippen molar-refractivity contribution in [2.45, 2.75) is 51.9 Å². The minimum absolute atomic E-state index is 0.0117. The molecule has 0 saturated carbocycles. The number of carbonyl (C=O) groups is 1. The van der Waals surface area contributed by atoms with Crippen molar-refractivity contribution in [2.75, 3.05) is 6.54 Å². The first-order valence-corrected chi connectivity index (χ1v) is 7.24. The summed E-state index contributed by atoms with van der Waals surface area (Å²) in [5, 5.41) is 3.02. The second-order valence-corrected chi connectivity index (χ2v) is 5.63. The molecule has 0 spiro atoms. The van der Waals surface area contributed by atoms with Crippen molar-refractivity contribution in [3.8, 4) is 0 Å². The van der Waals surface area contributed by atoms with Crippen LogP contribution in [-0.2, 0) is 9.53 Å². The van der Waals surface area contributed by atoms with Gasteiger partial charge in [-0.3, -0.25) is 4.79 Å². The average Bonchev–Trinajstić information content (AvgIpc) is 2.90. The van der Waals surface area contributed by atoms with Crippen LogP contribution in [0.15, 0.2) is 18.2 Å². The summed E-state index contributed by atoms with van der Waals surface area (Å²) in [4.78, 5) is 12.2. The Morgan fingerprint density at radius 2 is 2.15 bits per heavy atom. The van der Waals surface area contributed by atoms with Gasteiger partial charge in [0.1, 0.15) is 6.10 Å². The van der Waals surface area contributed by atoms with E-state index in [0.29, 0.717) is 6.54 Å². The third kappa shape index (κ3) is 3.38. The summed E-state index contributed by atoms with van der Waals surface area (Å²) < 4.78 is 5.61. The van der Waals surface area contributed by atoms with Crippen LogP contribution in [0.5, 0.6) is 0 Å². The lowest BCUT2D eigenvalue weighted by molar-refractivity contribution is -0.132. The molecule has 1 aliphatic heterocycles. The highest BCUT2D eigenvalue weighted by Gasteiger charge is 2.30. The zero-order valence-electron chi connectivity index (χ0n) is 12.5. The van der Waals surface area contributed by atoms with Gasteiger partial charge in [-0.25, -0.2) is 0 Å². The lowest BCUT2D eigenvalue weighted by Gasteiger charge is -2.18. The van der Waals surface area contributed by atoms with Crippen LogP contribution < -0.4 is 11.1 Å². The van der Waals surface area contributed by atoms with Crippen LogP contribution in [0, 0.1) is 13.8 Å². The van der Waals surface area contributed by atoms with Gasteiger partial charge in [-0.15, -0.1) is 0 Å². The van der Waals surface area contributed by atoms with Gasteiger partial charge in [0.15, 0.2) is 0 Å². The van der Waals surface area contributed by atoms with Crippen molar-refractivity contribution < 1.29 is 9.53 Å². The van der Waals surface area contributed by atoms with E-state index in [0.717, 1.165) is 18.4 Å². The van der Waals surface area contributed by atoms with Crippen molar-refractivity contribution in [3.63, 3.8) is 0 Å². The molecule has 0 aliphatic carbocycles. The van der Waals surface area contributed by atoms with Crippen molar-refractivity contribution in [1.29, 1.82) is 0 Å². The number of hydrogen-bond donors (Lipinski definition) is 2. The van der Waals surface area contributed by atoms with E-state index in [2.05, 4.69) is 37.4 Å². The predicted octanol–water partition coefficient (Wildman–Crippen LogP) is 1.99. The second kappa shape index (κ2) is 6.37. The third-order valence-electron chi connectivity index (χ3n) is 4.05. The van der Waals surface area contributed by atoms with Crippen LogP contribution in [0.2, 0.25) is 0 Å². The zero-order valence-corrected chi connectivity index (χ0v) is 12.5. The Kier molecular flexibility index (Phi) is 4.78. The molecular formula is C16H24N2O2. The Bertz CT molecular complexity index is 487. The topological polar surface area (TPSA) is 64.4 Å². The summed E-state index contributed by atoms with van der Waals surface area (Å²) >= 11 is 0. The van der Waals surface area contributed by atoms with E-state index < -0.39 is 0 Å². The first kappa shape index (κ1) is 15.0. The monoisotopic (exact) mass is 276 g/mol. The Morgan fingerprint density at radius 3 is 2.75 bits per heavy atom. The molecule has 2 rings (SSSR count). The van der Waals surface area contributed by atoms with Crippen LogP contribution in [-0.4, -0.2) is 24.7 Å². The standard InChI is InChI=1S/C16H24N2O2/c1-10-4-5-13(8-11(10)2)12(3)18-16(19)15-7-6-14(9-17)20-15/h4-5,8,12,14-15H,6-7,9,17H2,1-3H3,(H,18,19)/t12?,14-,15+/m1/s1. The molecule has 20 heavy (non-hydrogen) atoms. The fourth-order valence-corrected chi connectivity index (χ4v) is 2.50. The van der Waals surface area contributed by atoms with E-state index in [1.807, 2.05) is 6.92 Å². The van der Waals surface area contributed by atoms with E-state index >= 15 is 0 Å². The molecule has 0 aromatic heterocycles. The second-order valence-electron chi connectivity index (χ2n) is 5.63. The lowest BCUT2D eigenvalue weighted by atomic mass is 10.0. The van der Waals surface area contributed by atoms with Crippen LogP contribution in [0.4, 0.5) is 0 Å². The van der Waals surface area contributed by atoms with Gasteiger partial charge < -0.3 is 15.8 Å². The first-order chi connectivity index (χ1) is 9.51. The highest BCUT2D eigenvalue weighted by Crippen LogP contribution is 2.21. The number of nitrogens with two attached hydrogens (primary N) is 1. The largest absolute Gasteiger partial charge is 0.364 e. The Hall–Kier alpha value is -1.39. The van der Waals surface area contributed by atoms with Crippen molar-refractivity contribution in [2.24, 2.45) is 5.73 Å². The predicted molar refractivity (Wildman–Crippen MR) is 79.4 cm³/mol. The molecular weight excluding hydrogens is 252 g/mol. The molecule has 4 nitrogen and oxygen atoms in total. The molecule has 1 aromatic carbocycles. The number of ether oxygens (including phenoxy) is 1.